The lowest BCUT2D eigenvalue weighted by molar-refractivity contribution is -0.112. The fourth-order valence-corrected chi connectivity index (χ4v) is 4.28. The molecule has 1 N–H and O–H groups in total. The van der Waals surface area contributed by atoms with E-state index in [0.29, 0.717) is 22.0 Å². The van der Waals surface area contributed by atoms with Gasteiger partial charge in [0.1, 0.15) is 23.5 Å². The summed E-state index contributed by atoms with van der Waals surface area (Å²) in [6.07, 6.45) is 1.49. The molecular formula is C18H10ClI2N3O2. The van der Waals surface area contributed by atoms with Crippen molar-refractivity contribution < 1.29 is 9.53 Å². The lowest BCUT2D eigenvalue weighted by atomic mass is 10.1. The van der Waals surface area contributed by atoms with Crippen LogP contribution >= 0.6 is 56.8 Å². The number of nitrogens with one attached hydrogen (secondary N) is 1. The first-order valence-electron chi connectivity index (χ1n) is 7.12. The van der Waals surface area contributed by atoms with Crippen molar-refractivity contribution in [2.24, 2.45) is 0 Å². The van der Waals surface area contributed by atoms with Gasteiger partial charge in [-0.3, -0.25) is 4.79 Å². The van der Waals surface area contributed by atoms with Gasteiger partial charge in [-0.25, -0.2) is 0 Å². The minimum atomic E-state index is -0.546. The van der Waals surface area contributed by atoms with E-state index in [1.165, 1.54) is 6.08 Å². The first-order chi connectivity index (χ1) is 12.5. The van der Waals surface area contributed by atoms with Gasteiger partial charge >= 0.3 is 0 Å². The van der Waals surface area contributed by atoms with Crippen LogP contribution in [0.5, 0.6) is 5.75 Å². The third-order valence-corrected chi connectivity index (χ3v) is 5.03. The van der Waals surface area contributed by atoms with Gasteiger partial charge in [-0.05, 0) is 81.1 Å². The maximum absolute atomic E-state index is 12.4. The number of halogens is 3. The molecule has 8 heteroatoms. The third-order valence-electron chi connectivity index (χ3n) is 3.10. The zero-order valence-corrected chi connectivity index (χ0v) is 18.2. The predicted octanol–water partition coefficient (Wildman–Crippen LogP) is 5.00. The normalized spacial score (nSPS) is 10.6. The highest BCUT2D eigenvalue weighted by molar-refractivity contribution is 14.1. The van der Waals surface area contributed by atoms with Gasteiger partial charge in [0.05, 0.1) is 17.9 Å². The molecule has 0 spiro atoms. The summed E-state index contributed by atoms with van der Waals surface area (Å²) < 4.78 is 6.94. The number of hydrogen-bond donors (Lipinski definition) is 1. The Kier molecular flexibility index (Phi) is 7.69. The van der Waals surface area contributed by atoms with Crippen molar-refractivity contribution in [2.45, 2.75) is 0 Å². The molecule has 130 valence electrons. The van der Waals surface area contributed by atoms with Crippen LogP contribution in [0, 0.1) is 29.8 Å². The Hall–Kier alpha value is -1.82. The van der Waals surface area contributed by atoms with Crippen LogP contribution in [0.4, 0.5) is 5.69 Å². The molecule has 0 fully saturated rings. The third kappa shape index (κ3) is 5.34. The summed E-state index contributed by atoms with van der Waals surface area (Å²) in [5, 5.41) is 21.0. The average molecular weight is 590 g/mol. The summed E-state index contributed by atoms with van der Waals surface area (Å²) in [5.74, 6) is 0.0550. The Morgan fingerprint density at radius 2 is 1.88 bits per heavy atom. The molecule has 0 bridgehead atoms. The highest BCUT2D eigenvalue weighted by Crippen LogP contribution is 2.30. The van der Waals surface area contributed by atoms with Gasteiger partial charge in [-0.15, -0.1) is 0 Å². The number of para-hydroxylation sites is 1. The summed E-state index contributed by atoms with van der Waals surface area (Å²) in [4.78, 5) is 12.4. The number of carbonyl (C=O) groups is 1. The van der Waals surface area contributed by atoms with Crippen LogP contribution in [-0.2, 0) is 4.79 Å². The first kappa shape index (κ1) is 20.5. The monoisotopic (exact) mass is 589 g/mol. The van der Waals surface area contributed by atoms with Gasteiger partial charge in [0.25, 0.3) is 5.91 Å². The quantitative estimate of drug-likeness (QED) is 0.302. The number of ether oxygens (including phenoxy) is 1. The van der Waals surface area contributed by atoms with E-state index in [1.54, 1.807) is 36.4 Å². The second-order valence-electron chi connectivity index (χ2n) is 4.86. The molecule has 0 atom stereocenters. The molecule has 2 aromatic carbocycles. The van der Waals surface area contributed by atoms with Crippen LogP contribution in [0.3, 0.4) is 0 Å². The lowest BCUT2D eigenvalue weighted by Crippen LogP contribution is -2.13. The van der Waals surface area contributed by atoms with E-state index in [2.05, 4.69) is 50.5 Å². The number of nitrogens with zero attached hydrogens (tertiary/aromatic N) is 2. The molecule has 0 aliphatic carbocycles. The van der Waals surface area contributed by atoms with Gasteiger partial charge in [-0.1, -0.05) is 23.7 Å². The second-order valence-corrected chi connectivity index (χ2v) is 7.60. The smallest absolute Gasteiger partial charge is 0.266 e. The molecule has 0 aliphatic heterocycles. The molecule has 2 aromatic rings. The fraction of sp³-hybridized carbons (Fsp3) is 0.0556. The van der Waals surface area contributed by atoms with Crippen LogP contribution in [0.15, 0.2) is 42.0 Å². The predicted molar refractivity (Wildman–Crippen MR) is 117 cm³/mol. The summed E-state index contributed by atoms with van der Waals surface area (Å²) >= 11 is 10.2. The van der Waals surface area contributed by atoms with Crippen molar-refractivity contribution in [3.63, 3.8) is 0 Å². The largest absolute Gasteiger partial charge is 0.477 e. The standard InChI is InChI=1S/C18H10ClI2N3O2/c19-13-3-1-2-4-16(13)24-18(25)12(10-23)7-11-8-14(20)17(15(21)9-11)26-6-5-22/h1-4,7-9H,6H2,(H,24,25)/b12-7+. The van der Waals surface area contributed by atoms with E-state index in [-0.39, 0.29) is 12.2 Å². The SMILES string of the molecule is N#CCOc1c(I)cc(/C=C(\C#N)C(=O)Nc2ccccc2Cl)cc1I. The van der Waals surface area contributed by atoms with Crippen molar-refractivity contribution in [1.82, 2.24) is 0 Å². The molecule has 0 heterocycles. The molecule has 26 heavy (non-hydrogen) atoms. The van der Waals surface area contributed by atoms with Crippen molar-refractivity contribution in [2.75, 3.05) is 11.9 Å². The van der Waals surface area contributed by atoms with E-state index >= 15 is 0 Å². The number of nitriles is 2. The molecule has 0 aliphatic rings. The zero-order valence-electron chi connectivity index (χ0n) is 13.1. The molecule has 2 rings (SSSR count). The summed E-state index contributed by atoms with van der Waals surface area (Å²) in [5.41, 5.74) is 1.06. The summed E-state index contributed by atoms with van der Waals surface area (Å²) in [6, 6.07) is 14.2. The van der Waals surface area contributed by atoms with Gasteiger partial charge in [0.2, 0.25) is 0 Å². The first-order valence-corrected chi connectivity index (χ1v) is 9.66. The van der Waals surface area contributed by atoms with Crippen LogP contribution < -0.4 is 10.1 Å². The number of hydrogen-bond acceptors (Lipinski definition) is 4. The molecule has 0 radical (unpaired) electrons. The molecule has 0 saturated carbocycles. The number of amides is 1. The Bertz CT molecular complexity index is 939. The van der Waals surface area contributed by atoms with Crippen LogP contribution in [0.2, 0.25) is 5.02 Å². The van der Waals surface area contributed by atoms with Gasteiger partial charge in [0.15, 0.2) is 6.61 Å². The van der Waals surface area contributed by atoms with E-state index in [9.17, 15) is 10.1 Å². The van der Waals surface area contributed by atoms with Crippen LogP contribution in [0.1, 0.15) is 5.56 Å². The van der Waals surface area contributed by atoms with Gasteiger partial charge in [0, 0.05) is 0 Å². The Morgan fingerprint density at radius 1 is 1.23 bits per heavy atom. The van der Waals surface area contributed by atoms with Crippen molar-refractivity contribution in [3.8, 4) is 17.9 Å². The number of carbonyl (C=O) groups excluding carboxylic acids is 1. The molecule has 0 saturated heterocycles. The van der Waals surface area contributed by atoms with E-state index in [1.807, 2.05) is 12.1 Å². The zero-order chi connectivity index (χ0) is 19.1. The Morgan fingerprint density at radius 3 is 2.46 bits per heavy atom. The molecule has 0 aromatic heterocycles. The molecule has 5 nitrogen and oxygen atoms in total. The number of benzene rings is 2. The van der Waals surface area contributed by atoms with E-state index < -0.39 is 5.91 Å². The van der Waals surface area contributed by atoms with E-state index in [0.717, 1.165) is 7.14 Å². The van der Waals surface area contributed by atoms with Crippen molar-refractivity contribution in [3.05, 3.63) is 59.7 Å². The van der Waals surface area contributed by atoms with Crippen molar-refractivity contribution in [1.29, 1.82) is 10.5 Å². The maximum Gasteiger partial charge on any atom is 0.266 e. The van der Waals surface area contributed by atoms with Crippen molar-refractivity contribution >= 4 is 74.5 Å². The lowest BCUT2D eigenvalue weighted by Gasteiger charge is -2.09. The average Bonchev–Trinajstić information content (AvgIpc) is 2.61. The minimum Gasteiger partial charge on any atom is -0.477 e. The molecule has 0 unspecified atom stereocenters. The van der Waals surface area contributed by atoms with Gasteiger partial charge < -0.3 is 10.1 Å². The highest BCUT2D eigenvalue weighted by atomic mass is 127. The number of rotatable bonds is 5. The Balaban J connectivity index is 2.28. The Labute approximate surface area is 182 Å². The van der Waals surface area contributed by atoms with Crippen LogP contribution in [0.25, 0.3) is 6.08 Å². The van der Waals surface area contributed by atoms with Crippen LogP contribution in [-0.4, -0.2) is 12.5 Å². The van der Waals surface area contributed by atoms with Gasteiger partial charge in [-0.2, -0.15) is 10.5 Å². The minimum absolute atomic E-state index is 0.0507. The second kappa shape index (κ2) is 9.76. The molecule has 1 amide bonds. The highest BCUT2D eigenvalue weighted by Gasteiger charge is 2.13. The fourth-order valence-electron chi connectivity index (χ4n) is 1.97. The number of anilines is 1. The summed E-state index contributed by atoms with van der Waals surface area (Å²) in [6.45, 7) is -0.0507. The summed E-state index contributed by atoms with van der Waals surface area (Å²) in [7, 11) is 0. The topological polar surface area (TPSA) is 85.9 Å². The van der Waals surface area contributed by atoms with E-state index in [4.69, 9.17) is 21.6 Å². The molecular weight excluding hydrogens is 579 g/mol. The maximum atomic E-state index is 12.4.